The van der Waals surface area contributed by atoms with Crippen LogP contribution in [0, 0.1) is 0 Å². The molecule has 1 aliphatic heterocycles. The van der Waals surface area contributed by atoms with E-state index in [1.165, 1.54) is 0 Å². The molecule has 1 unspecified atom stereocenters. The van der Waals surface area contributed by atoms with Crippen LogP contribution in [0.5, 0.6) is 0 Å². The minimum absolute atomic E-state index is 0.0624. The Labute approximate surface area is 120 Å². The number of hydrogen-bond donors (Lipinski definition) is 2. The van der Waals surface area contributed by atoms with Gasteiger partial charge in [-0.3, -0.25) is 4.79 Å². The molecule has 1 aliphatic rings. The average molecular weight is 317 g/mol. The molecule has 3 rings (SSSR count). The number of anilines is 1. The van der Waals surface area contributed by atoms with Crippen LogP contribution in [0.25, 0.3) is 0 Å². The van der Waals surface area contributed by atoms with E-state index in [1.807, 2.05) is 55.5 Å². The Kier molecular flexibility index (Phi) is 2.82. The minimum atomic E-state index is -0.591. The smallest absolute Gasteiger partial charge is 0.255 e. The Hall–Kier alpha value is -1.81. The predicted octanol–water partition coefficient (Wildman–Crippen LogP) is 3.48. The number of fused-ring (bicyclic) bond motifs is 1. The van der Waals surface area contributed by atoms with Gasteiger partial charge in [-0.15, -0.1) is 0 Å². The second kappa shape index (κ2) is 4.38. The number of nitrogens with one attached hydrogen (secondary N) is 2. The number of halogens is 1. The molecule has 3 nitrogen and oxygen atoms in total. The number of carbonyl (C=O) groups is 1. The van der Waals surface area contributed by atoms with Crippen molar-refractivity contribution in [1.29, 1.82) is 0 Å². The molecule has 0 saturated carbocycles. The molecule has 1 amide bonds. The fourth-order valence-electron chi connectivity index (χ4n) is 2.33. The first-order valence-electron chi connectivity index (χ1n) is 6.04. The molecule has 0 aromatic heterocycles. The van der Waals surface area contributed by atoms with E-state index < -0.39 is 5.66 Å². The van der Waals surface area contributed by atoms with Gasteiger partial charge in [-0.25, -0.2) is 0 Å². The molecule has 0 aliphatic carbocycles. The first-order chi connectivity index (χ1) is 9.08. The highest BCUT2D eigenvalue weighted by molar-refractivity contribution is 9.10. The molecule has 19 heavy (non-hydrogen) atoms. The first kappa shape index (κ1) is 12.2. The van der Waals surface area contributed by atoms with E-state index in [0.29, 0.717) is 5.56 Å². The summed E-state index contributed by atoms with van der Waals surface area (Å²) in [6.07, 6.45) is 0. The van der Waals surface area contributed by atoms with E-state index in [1.54, 1.807) is 0 Å². The van der Waals surface area contributed by atoms with Crippen LogP contribution in [-0.2, 0) is 5.66 Å². The van der Waals surface area contributed by atoms with Crippen molar-refractivity contribution in [3.8, 4) is 0 Å². The molecule has 0 saturated heterocycles. The number of benzene rings is 2. The monoisotopic (exact) mass is 316 g/mol. The van der Waals surface area contributed by atoms with Crippen LogP contribution in [0.4, 0.5) is 5.69 Å². The normalized spacial score (nSPS) is 21.3. The molecule has 2 N–H and O–H groups in total. The second-order valence-corrected chi connectivity index (χ2v) is 5.68. The summed E-state index contributed by atoms with van der Waals surface area (Å²) in [7, 11) is 0. The molecular formula is C15H13BrN2O. The summed E-state index contributed by atoms with van der Waals surface area (Å²) < 4.78 is 0.948. The summed E-state index contributed by atoms with van der Waals surface area (Å²) in [4.78, 5) is 12.2. The number of carbonyl (C=O) groups excluding carboxylic acids is 1. The molecule has 2 aromatic rings. The minimum Gasteiger partial charge on any atom is -0.359 e. The van der Waals surface area contributed by atoms with Gasteiger partial charge in [-0.1, -0.05) is 46.3 Å². The van der Waals surface area contributed by atoms with Gasteiger partial charge in [0.25, 0.3) is 5.91 Å². The molecule has 1 atom stereocenters. The maximum absolute atomic E-state index is 12.2. The van der Waals surface area contributed by atoms with Crippen LogP contribution in [0.3, 0.4) is 0 Å². The van der Waals surface area contributed by atoms with Gasteiger partial charge in [-0.2, -0.15) is 0 Å². The zero-order valence-corrected chi connectivity index (χ0v) is 12.0. The zero-order valence-electron chi connectivity index (χ0n) is 10.4. The summed E-state index contributed by atoms with van der Waals surface area (Å²) in [6.45, 7) is 1.96. The van der Waals surface area contributed by atoms with Crippen molar-refractivity contribution in [2.75, 3.05) is 5.32 Å². The van der Waals surface area contributed by atoms with Crippen molar-refractivity contribution in [3.63, 3.8) is 0 Å². The largest absolute Gasteiger partial charge is 0.359 e. The topological polar surface area (TPSA) is 41.1 Å². The van der Waals surface area contributed by atoms with Gasteiger partial charge >= 0.3 is 0 Å². The van der Waals surface area contributed by atoms with Crippen LogP contribution >= 0.6 is 15.9 Å². The lowest BCUT2D eigenvalue weighted by Gasteiger charge is -2.38. The summed E-state index contributed by atoms with van der Waals surface area (Å²) in [6, 6.07) is 15.5. The van der Waals surface area contributed by atoms with Gasteiger partial charge in [0.1, 0.15) is 5.66 Å². The van der Waals surface area contributed by atoms with Crippen molar-refractivity contribution in [3.05, 3.63) is 64.1 Å². The lowest BCUT2D eigenvalue weighted by molar-refractivity contribution is 0.0906. The van der Waals surface area contributed by atoms with Gasteiger partial charge < -0.3 is 10.6 Å². The zero-order chi connectivity index (χ0) is 13.5. The predicted molar refractivity (Wildman–Crippen MR) is 79.0 cm³/mol. The third-order valence-electron chi connectivity index (χ3n) is 3.33. The molecule has 1 heterocycles. The standard InChI is InChI=1S/C15H13BrN2O/c1-15(10-5-3-2-4-6-10)17-13-9-11(16)7-8-12(13)14(19)18-15/h2-9,17H,1H3,(H,18,19). The first-order valence-corrected chi connectivity index (χ1v) is 6.83. The van der Waals surface area contributed by atoms with Crippen molar-refractivity contribution >= 4 is 27.5 Å². The molecule has 2 aromatic carbocycles. The van der Waals surface area contributed by atoms with Crippen LogP contribution in [0.15, 0.2) is 53.0 Å². The third-order valence-corrected chi connectivity index (χ3v) is 3.82. The Morgan fingerprint density at radius 3 is 2.53 bits per heavy atom. The Balaban J connectivity index is 2.07. The summed E-state index contributed by atoms with van der Waals surface area (Å²) in [5, 5.41) is 6.42. The van der Waals surface area contributed by atoms with E-state index in [2.05, 4.69) is 26.6 Å². The van der Waals surface area contributed by atoms with Crippen molar-refractivity contribution in [2.45, 2.75) is 12.6 Å². The van der Waals surface area contributed by atoms with E-state index in [4.69, 9.17) is 0 Å². The Morgan fingerprint density at radius 2 is 1.79 bits per heavy atom. The number of hydrogen-bond acceptors (Lipinski definition) is 2. The quantitative estimate of drug-likeness (QED) is 0.845. The lowest BCUT2D eigenvalue weighted by Crippen LogP contribution is -2.52. The lowest BCUT2D eigenvalue weighted by atomic mass is 9.96. The molecule has 96 valence electrons. The fourth-order valence-corrected chi connectivity index (χ4v) is 2.69. The summed E-state index contributed by atoms with van der Waals surface area (Å²) in [5.41, 5.74) is 1.93. The molecule has 0 spiro atoms. The van der Waals surface area contributed by atoms with Crippen LogP contribution in [-0.4, -0.2) is 5.91 Å². The molecule has 0 bridgehead atoms. The SMILES string of the molecule is CC1(c2ccccc2)NC(=O)c2ccc(Br)cc2N1. The molecular weight excluding hydrogens is 304 g/mol. The number of rotatable bonds is 1. The highest BCUT2D eigenvalue weighted by Crippen LogP contribution is 2.32. The van der Waals surface area contributed by atoms with Crippen molar-refractivity contribution in [2.24, 2.45) is 0 Å². The summed E-state index contributed by atoms with van der Waals surface area (Å²) >= 11 is 3.43. The van der Waals surface area contributed by atoms with Gasteiger partial charge in [-0.05, 0) is 30.7 Å². The third kappa shape index (κ3) is 2.12. The van der Waals surface area contributed by atoms with Crippen molar-refractivity contribution in [1.82, 2.24) is 5.32 Å². The van der Waals surface area contributed by atoms with E-state index in [9.17, 15) is 4.79 Å². The molecule has 0 radical (unpaired) electrons. The Morgan fingerprint density at radius 1 is 1.05 bits per heavy atom. The molecule has 4 heteroatoms. The Bertz CT molecular complexity index is 642. The van der Waals surface area contributed by atoms with E-state index >= 15 is 0 Å². The van der Waals surface area contributed by atoms with Crippen molar-refractivity contribution < 1.29 is 4.79 Å². The highest BCUT2D eigenvalue weighted by atomic mass is 79.9. The van der Waals surface area contributed by atoms with E-state index in [-0.39, 0.29) is 5.91 Å². The van der Waals surface area contributed by atoms with E-state index in [0.717, 1.165) is 15.7 Å². The van der Waals surface area contributed by atoms with Crippen LogP contribution < -0.4 is 10.6 Å². The van der Waals surface area contributed by atoms with Gasteiger partial charge in [0.05, 0.1) is 11.3 Å². The van der Waals surface area contributed by atoms with Crippen LogP contribution in [0.2, 0.25) is 0 Å². The van der Waals surface area contributed by atoms with Crippen LogP contribution in [0.1, 0.15) is 22.8 Å². The maximum atomic E-state index is 12.2. The average Bonchev–Trinajstić information content (AvgIpc) is 2.39. The summed E-state index contributed by atoms with van der Waals surface area (Å²) in [5.74, 6) is -0.0624. The maximum Gasteiger partial charge on any atom is 0.255 e. The highest BCUT2D eigenvalue weighted by Gasteiger charge is 2.34. The molecule has 0 fully saturated rings. The van der Waals surface area contributed by atoms with Gasteiger partial charge in [0.2, 0.25) is 0 Å². The van der Waals surface area contributed by atoms with Gasteiger partial charge in [0.15, 0.2) is 0 Å². The second-order valence-electron chi connectivity index (χ2n) is 4.76. The number of amides is 1. The fraction of sp³-hybridized carbons (Fsp3) is 0.133. The van der Waals surface area contributed by atoms with Gasteiger partial charge in [0, 0.05) is 4.47 Å².